The maximum absolute atomic E-state index is 4.68. The first kappa shape index (κ1) is 14.0. The van der Waals surface area contributed by atoms with Crippen LogP contribution in [0.3, 0.4) is 0 Å². The van der Waals surface area contributed by atoms with Gasteiger partial charge in [0.1, 0.15) is 0 Å². The summed E-state index contributed by atoms with van der Waals surface area (Å²) in [6.45, 7) is 0. The number of hydrogen-bond donors (Lipinski definition) is 0. The van der Waals surface area contributed by atoms with E-state index in [1.165, 1.54) is 11.1 Å². The molecule has 0 radical (unpaired) electrons. The van der Waals surface area contributed by atoms with Crippen molar-refractivity contribution in [2.45, 2.75) is 10.7 Å². The summed E-state index contributed by atoms with van der Waals surface area (Å²) >= 11 is 7.03. The molecule has 4 rings (SSSR count). The van der Waals surface area contributed by atoms with E-state index < -0.39 is 0 Å². The van der Waals surface area contributed by atoms with Gasteiger partial charge >= 0.3 is 0 Å². The molecule has 2 aromatic carbocycles. The molecule has 0 aliphatic carbocycles. The van der Waals surface area contributed by atoms with Gasteiger partial charge in [0.2, 0.25) is 0 Å². The molecule has 2 aromatic heterocycles. The molecule has 0 bridgehead atoms. The average Bonchev–Trinajstić information content (AvgIpc) is 3.17. The van der Waals surface area contributed by atoms with E-state index in [4.69, 9.17) is 0 Å². The van der Waals surface area contributed by atoms with Crippen LogP contribution >= 0.6 is 31.9 Å². The monoisotopic (exact) mass is 418 g/mol. The lowest BCUT2D eigenvalue weighted by atomic mass is 10.2. The largest absolute Gasteiger partial charge is 0.158 e. The van der Waals surface area contributed by atoms with Gasteiger partial charge < -0.3 is 0 Å². The first-order valence-electron chi connectivity index (χ1n) is 6.87. The minimum atomic E-state index is 0.788. The quantitative estimate of drug-likeness (QED) is 0.458. The Morgan fingerprint density at radius 2 is 1.18 bits per heavy atom. The molecule has 22 heavy (non-hydrogen) atoms. The lowest BCUT2D eigenvalue weighted by Gasteiger charge is -1.99. The summed E-state index contributed by atoms with van der Waals surface area (Å²) in [7, 11) is 0. The van der Waals surface area contributed by atoms with Gasteiger partial charge in [-0.1, -0.05) is 68.3 Å². The summed E-state index contributed by atoms with van der Waals surface area (Å²) < 4.78 is 0. The highest BCUT2D eigenvalue weighted by atomic mass is 79.9. The minimum absolute atomic E-state index is 0.788. The van der Waals surface area contributed by atoms with E-state index >= 15 is 0 Å². The number of halogens is 2. The van der Waals surface area contributed by atoms with Crippen LogP contribution in [0.25, 0.3) is 21.8 Å². The third-order valence-corrected chi connectivity index (χ3v) is 4.92. The Hall–Kier alpha value is -1.66. The minimum Gasteiger partial charge on any atom is -0.158 e. The van der Waals surface area contributed by atoms with Gasteiger partial charge in [-0.15, -0.1) is 0 Å². The van der Waals surface area contributed by atoms with Crippen molar-refractivity contribution >= 4 is 53.7 Å². The van der Waals surface area contributed by atoms with Gasteiger partial charge in [-0.25, -0.2) is 0 Å². The molecule has 0 unspecified atom stereocenters. The normalized spacial score (nSPS) is 11.5. The zero-order valence-corrected chi connectivity index (χ0v) is 14.7. The van der Waals surface area contributed by atoms with Gasteiger partial charge in [0.15, 0.2) is 0 Å². The molecule has 2 heterocycles. The van der Waals surface area contributed by atoms with Gasteiger partial charge in [0.25, 0.3) is 0 Å². The number of rotatable bonds is 3. The predicted molar refractivity (Wildman–Crippen MR) is 95.5 cm³/mol. The molecular formula is C16H12Br2N4. The van der Waals surface area contributed by atoms with Crippen molar-refractivity contribution in [2.75, 3.05) is 0 Å². The van der Waals surface area contributed by atoms with Crippen LogP contribution in [-0.2, 0) is 10.7 Å². The molecule has 4 nitrogen and oxygen atoms in total. The van der Waals surface area contributed by atoms with Crippen LogP contribution in [0.1, 0.15) is 11.1 Å². The fourth-order valence-corrected chi connectivity index (χ4v) is 3.52. The second kappa shape index (κ2) is 5.52. The van der Waals surface area contributed by atoms with Crippen molar-refractivity contribution < 1.29 is 0 Å². The topological polar surface area (TPSA) is 35.6 Å². The SMILES string of the molecule is BrCc1cccc2cn(-n3cc4cccc(CBr)c4n3)nc12. The zero-order valence-electron chi connectivity index (χ0n) is 11.6. The van der Waals surface area contributed by atoms with Crippen LogP contribution < -0.4 is 0 Å². The van der Waals surface area contributed by atoms with Crippen molar-refractivity contribution in [3.05, 3.63) is 59.9 Å². The Balaban J connectivity index is 1.91. The number of alkyl halides is 2. The van der Waals surface area contributed by atoms with Crippen molar-refractivity contribution in [3.63, 3.8) is 0 Å². The smallest absolute Gasteiger partial charge is 0.0985 e. The Morgan fingerprint density at radius 1 is 0.727 bits per heavy atom. The fraction of sp³-hybridized carbons (Fsp3) is 0.125. The fourth-order valence-electron chi connectivity index (χ4n) is 2.61. The van der Waals surface area contributed by atoms with Crippen molar-refractivity contribution in [1.82, 2.24) is 19.8 Å². The third-order valence-electron chi connectivity index (χ3n) is 3.71. The van der Waals surface area contributed by atoms with Gasteiger partial charge in [-0.3, -0.25) is 0 Å². The molecule has 0 saturated carbocycles. The maximum atomic E-state index is 4.68. The van der Waals surface area contributed by atoms with E-state index in [0.717, 1.165) is 32.5 Å². The molecule has 0 N–H and O–H groups in total. The number of fused-ring (bicyclic) bond motifs is 2. The van der Waals surface area contributed by atoms with Crippen LogP contribution in [-0.4, -0.2) is 19.8 Å². The maximum Gasteiger partial charge on any atom is 0.0985 e. The summed E-state index contributed by atoms with van der Waals surface area (Å²) in [4.78, 5) is 3.57. The molecule has 0 aliphatic rings. The van der Waals surface area contributed by atoms with Crippen molar-refractivity contribution in [2.24, 2.45) is 0 Å². The highest BCUT2D eigenvalue weighted by Gasteiger charge is 2.09. The summed E-state index contributed by atoms with van der Waals surface area (Å²) in [5, 5.41) is 13.2. The van der Waals surface area contributed by atoms with Crippen LogP contribution in [0.2, 0.25) is 0 Å². The Bertz CT molecular complexity index is 891. The second-order valence-corrected chi connectivity index (χ2v) is 6.20. The van der Waals surface area contributed by atoms with Crippen LogP contribution in [0, 0.1) is 0 Å². The molecule has 110 valence electrons. The number of benzene rings is 2. The number of nitrogens with zero attached hydrogens (tertiary/aromatic N) is 4. The summed E-state index contributed by atoms with van der Waals surface area (Å²) in [6, 6.07) is 12.4. The predicted octanol–water partition coefficient (Wildman–Crippen LogP) is 4.49. The Kier molecular flexibility index (Phi) is 3.50. The molecule has 4 aromatic rings. The van der Waals surface area contributed by atoms with Gasteiger partial charge in [-0.2, -0.15) is 19.8 Å². The van der Waals surface area contributed by atoms with Gasteiger partial charge in [0, 0.05) is 21.4 Å². The molecule has 0 fully saturated rings. The van der Waals surface area contributed by atoms with E-state index in [1.54, 1.807) is 9.58 Å². The molecule has 0 spiro atoms. The second-order valence-electron chi connectivity index (χ2n) is 5.08. The van der Waals surface area contributed by atoms with Crippen molar-refractivity contribution in [3.8, 4) is 0 Å². The molecule has 0 amide bonds. The Labute approximate surface area is 144 Å². The highest BCUT2D eigenvalue weighted by Crippen LogP contribution is 2.22. The van der Waals surface area contributed by atoms with Crippen LogP contribution in [0.15, 0.2) is 48.8 Å². The third kappa shape index (κ3) is 2.18. The summed E-state index contributed by atoms with van der Waals surface area (Å²) in [6.07, 6.45) is 4.00. The van der Waals surface area contributed by atoms with E-state index in [1.807, 2.05) is 24.5 Å². The molecular weight excluding hydrogens is 408 g/mol. The van der Waals surface area contributed by atoms with E-state index in [0.29, 0.717) is 0 Å². The lowest BCUT2D eigenvalue weighted by molar-refractivity contribution is 0.517. The standard InChI is InChI=1S/C16H12Br2N4/c17-7-11-3-1-5-13-9-21(19-15(11)13)22-10-14-6-2-4-12(8-18)16(14)20-22/h1-6,9-10H,7-8H2. The van der Waals surface area contributed by atoms with Gasteiger partial charge in [-0.05, 0) is 11.1 Å². The van der Waals surface area contributed by atoms with Crippen LogP contribution in [0.5, 0.6) is 0 Å². The number of aromatic nitrogens is 4. The molecule has 0 aliphatic heterocycles. The average molecular weight is 420 g/mol. The van der Waals surface area contributed by atoms with Gasteiger partial charge in [0.05, 0.1) is 23.4 Å². The first-order valence-corrected chi connectivity index (χ1v) is 9.11. The summed E-state index contributed by atoms with van der Waals surface area (Å²) in [5.41, 5.74) is 4.35. The molecule has 0 atom stereocenters. The van der Waals surface area contributed by atoms with E-state index in [9.17, 15) is 0 Å². The zero-order chi connectivity index (χ0) is 15.1. The Morgan fingerprint density at radius 3 is 1.59 bits per heavy atom. The first-order chi connectivity index (χ1) is 10.8. The van der Waals surface area contributed by atoms with Crippen molar-refractivity contribution in [1.29, 1.82) is 0 Å². The molecule has 0 saturated heterocycles. The number of hydrogen-bond acceptors (Lipinski definition) is 2. The van der Waals surface area contributed by atoms with E-state index in [-0.39, 0.29) is 0 Å². The summed E-state index contributed by atoms with van der Waals surface area (Å²) in [5.74, 6) is 0. The lowest BCUT2D eigenvalue weighted by Crippen LogP contribution is -2.09. The molecule has 6 heteroatoms. The highest BCUT2D eigenvalue weighted by molar-refractivity contribution is 9.08. The van der Waals surface area contributed by atoms with E-state index in [2.05, 4.69) is 66.3 Å². The van der Waals surface area contributed by atoms with Crippen LogP contribution in [0.4, 0.5) is 0 Å².